The Bertz CT molecular complexity index is 94.9. The third-order valence-electron chi connectivity index (χ3n) is 1.27. The Balaban J connectivity index is 3.49. The van der Waals surface area contributed by atoms with E-state index in [-0.39, 0.29) is 0 Å². The Hall–Kier alpha value is -0.460. The van der Waals surface area contributed by atoms with Crippen LogP contribution in [0.1, 0.15) is 40.0 Å². The number of allylic oxidation sites excluding steroid dienone is 2. The second kappa shape index (κ2) is 6.66. The van der Waals surface area contributed by atoms with Crippen LogP contribution < -0.4 is 0 Å². The van der Waals surface area contributed by atoms with E-state index in [1.54, 1.807) is 0 Å². The van der Waals surface area contributed by atoms with Crippen LogP contribution in [0.4, 0.5) is 0 Å². The summed E-state index contributed by atoms with van der Waals surface area (Å²) in [5.41, 5.74) is 0. The lowest BCUT2D eigenvalue weighted by Gasteiger charge is -2.05. The van der Waals surface area contributed by atoms with E-state index in [1.165, 1.54) is 0 Å². The second-order valence-electron chi connectivity index (χ2n) is 2.28. The summed E-state index contributed by atoms with van der Waals surface area (Å²) in [4.78, 5) is 0. The van der Waals surface area contributed by atoms with E-state index in [0.29, 0.717) is 0 Å². The average molecular weight is 142 g/mol. The van der Waals surface area contributed by atoms with Crippen LogP contribution in [0.25, 0.3) is 0 Å². The summed E-state index contributed by atoms with van der Waals surface area (Å²) in [6.07, 6.45) is 5.34. The molecule has 0 bridgehead atoms. The van der Waals surface area contributed by atoms with Gasteiger partial charge in [-0.1, -0.05) is 20.8 Å². The van der Waals surface area contributed by atoms with Crippen molar-refractivity contribution in [1.82, 2.24) is 0 Å². The normalized spacial score (nSPS) is 11.7. The first-order valence-corrected chi connectivity index (χ1v) is 4.16. The van der Waals surface area contributed by atoms with Crippen LogP contribution in [0.15, 0.2) is 11.8 Å². The highest BCUT2D eigenvalue weighted by Gasteiger charge is 1.90. The van der Waals surface area contributed by atoms with Gasteiger partial charge in [0, 0.05) is 6.42 Å². The van der Waals surface area contributed by atoms with Crippen molar-refractivity contribution in [1.29, 1.82) is 0 Å². The number of ether oxygens (including phenoxy) is 1. The van der Waals surface area contributed by atoms with Gasteiger partial charge < -0.3 is 4.74 Å². The van der Waals surface area contributed by atoms with Gasteiger partial charge in [0.1, 0.15) is 0 Å². The average Bonchev–Trinajstić information content (AvgIpc) is 1.98. The molecule has 0 saturated carbocycles. The fourth-order valence-corrected chi connectivity index (χ4v) is 0.766. The minimum atomic E-state index is 0.861. The van der Waals surface area contributed by atoms with Crippen molar-refractivity contribution in [3.05, 3.63) is 11.8 Å². The van der Waals surface area contributed by atoms with Gasteiger partial charge in [-0.2, -0.15) is 0 Å². The molecule has 0 fully saturated rings. The van der Waals surface area contributed by atoms with Crippen LogP contribution in [0.5, 0.6) is 0 Å². The molecule has 0 heterocycles. The van der Waals surface area contributed by atoms with E-state index in [1.807, 2.05) is 0 Å². The lowest BCUT2D eigenvalue weighted by molar-refractivity contribution is 0.204. The zero-order valence-electron chi connectivity index (χ0n) is 7.31. The topological polar surface area (TPSA) is 9.23 Å². The van der Waals surface area contributed by atoms with Gasteiger partial charge in [-0.05, 0) is 18.9 Å². The molecule has 0 aromatic heterocycles. The standard InChI is InChI=1S/C9H18O/c1-4-7-9(6-3)10-8-5-2/h7H,4-6,8H2,1-3H3. The van der Waals surface area contributed by atoms with Gasteiger partial charge in [0.2, 0.25) is 0 Å². The van der Waals surface area contributed by atoms with Crippen LogP contribution in [0.3, 0.4) is 0 Å². The van der Waals surface area contributed by atoms with Crippen molar-refractivity contribution < 1.29 is 4.74 Å². The van der Waals surface area contributed by atoms with E-state index < -0.39 is 0 Å². The summed E-state index contributed by atoms with van der Waals surface area (Å²) in [5, 5.41) is 0. The van der Waals surface area contributed by atoms with Gasteiger partial charge >= 0.3 is 0 Å². The maximum atomic E-state index is 5.44. The van der Waals surface area contributed by atoms with E-state index in [0.717, 1.165) is 31.6 Å². The second-order valence-corrected chi connectivity index (χ2v) is 2.28. The van der Waals surface area contributed by atoms with Crippen molar-refractivity contribution >= 4 is 0 Å². The van der Waals surface area contributed by atoms with E-state index >= 15 is 0 Å². The number of hydrogen-bond acceptors (Lipinski definition) is 1. The Morgan fingerprint density at radius 1 is 1.30 bits per heavy atom. The Morgan fingerprint density at radius 2 is 2.00 bits per heavy atom. The largest absolute Gasteiger partial charge is 0.498 e. The summed E-state index contributed by atoms with van der Waals surface area (Å²) >= 11 is 0. The predicted molar refractivity (Wildman–Crippen MR) is 44.9 cm³/mol. The van der Waals surface area contributed by atoms with Gasteiger partial charge in [-0.15, -0.1) is 0 Å². The zero-order valence-corrected chi connectivity index (χ0v) is 7.31. The molecule has 0 amide bonds. The molecule has 0 unspecified atom stereocenters. The molecule has 0 radical (unpaired) electrons. The molecule has 0 rings (SSSR count). The summed E-state index contributed by atoms with van der Waals surface area (Å²) in [7, 11) is 0. The van der Waals surface area contributed by atoms with Gasteiger partial charge in [-0.25, -0.2) is 0 Å². The maximum absolute atomic E-state index is 5.44. The molecular weight excluding hydrogens is 124 g/mol. The Labute approximate surface area is 64.1 Å². The van der Waals surface area contributed by atoms with Gasteiger partial charge in [-0.3, -0.25) is 0 Å². The van der Waals surface area contributed by atoms with Gasteiger partial charge in [0.15, 0.2) is 0 Å². The molecule has 0 saturated heterocycles. The van der Waals surface area contributed by atoms with Crippen LogP contribution in [0.2, 0.25) is 0 Å². The summed E-state index contributed by atoms with van der Waals surface area (Å²) in [5.74, 6) is 1.14. The van der Waals surface area contributed by atoms with Gasteiger partial charge in [0.05, 0.1) is 12.4 Å². The maximum Gasteiger partial charge on any atom is 0.0917 e. The van der Waals surface area contributed by atoms with Crippen LogP contribution in [-0.2, 0) is 4.74 Å². The molecule has 0 aromatic rings. The highest BCUT2D eigenvalue weighted by molar-refractivity contribution is 4.90. The quantitative estimate of drug-likeness (QED) is 0.536. The van der Waals surface area contributed by atoms with Crippen molar-refractivity contribution in [2.75, 3.05) is 6.61 Å². The Morgan fingerprint density at radius 3 is 2.40 bits per heavy atom. The monoisotopic (exact) mass is 142 g/mol. The lowest BCUT2D eigenvalue weighted by Crippen LogP contribution is -1.91. The summed E-state index contributed by atoms with van der Waals surface area (Å²) < 4.78 is 5.44. The molecule has 0 aliphatic heterocycles. The summed E-state index contributed by atoms with van der Waals surface area (Å²) in [6.45, 7) is 7.24. The first-order chi connectivity index (χ1) is 4.85. The first-order valence-electron chi connectivity index (χ1n) is 4.16. The molecule has 0 N–H and O–H groups in total. The van der Waals surface area contributed by atoms with Crippen LogP contribution in [0, 0.1) is 0 Å². The molecule has 1 heteroatoms. The number of hydrogen-bond donors (Lipinski definition) is 0. The van der Waals surface area contributed by atoms with E-state index in [9.17, 15) is 0 Å². The van der Waals surface area contributed by atoms with Gasteiger partial charge in [0.25, 0.3) is 0 Å². The molecule has 10 heavy (non-hydrogen) atoms. The van der Waals surface area contributed by atoms with E-state index in [4.69, 9.17) is 4.74 Å². The van der Waals surface area contributed by atoms with Crippen LogP contribution >= 0.6 is 0 Å². The van der Waals surface area contributed by atoms with Crippen molar-refractivity contribution in [3.63, 3.8) is 0 Å². The Kier molecular flexibility index (Phi) is 6.35. The predicted octanol–water partition coefficient (Wildman–Crippen LogP) is 3.12. The third kappa shape index (κ3) is 4.42. The molecule has 0 aliphatic carbocycles. The van der Waals surface area contributed by atoms with Crippen molar-refractivity contribution in [2.45, 2.75) is 40.0 Å². The number of rotatable bonds is 5. The fraction of sp³-hybridized carbons (Fsp3) is 0.778. The molecule has 0 aliphatic rings. The first kappa shape index (κ1) is 9.54. The highest BCUT2D eigenvalue weighted by atomic mass is 16.5. The molecule has 60 valence electrons. The zero-order chi connectivity index (χ0) is 7.82. The van der Waals surface area contributed by atoms with Crippen molar-refractivity contribution in [2.24, 2.45) is 0 Å². The molecule has 0 aromatic carbocycles. The molecule has 0 spiro atoms. The molecular formula is C9H18O. The molecule has 0 atom stereocenters. The fourth-order valence-electron chi connectivity index (χ4n) is 0.766. The summed E-state index contributed by atoms with van der Waals surface area (Å²) in [6, 6.07) is 0. The smallest absolute Gasteiger partial charge is 0.0917 e. The van der Waals surface area contributed by atoms with Crippen LogP contribution in [-0.4, -0.2) is 6.61 Å². The molecule has 1 nitrogen and oxygen atoms in total. The van der Waals surface area contributed by atoms with E-state index in [2.05, 4.69) is 26.8 Å². The lowest BCUT2D eigenvalue weighted by atomic mass is 10.3. The third-order valence-corrected chi connectivity index (χ3v) is 1.27. The SMILES string of the molecule is CCC=C(CC)OCCC. The minimum Gasteiger partial charge on any atom is -0.498 e. The minimum absolute atomic E-state index is 0.861. The highest BCUT2D eigenvalue weighted by Crippen LogP contribution is 2.04. The van der Waals surface area contributed by atoms with Crippen molar-refractivity contribution in [3.8, 4) is 0 Å².